The standard InChI is InChI=1S/C12H8BrF2NO3/c1-2-18-12(17)8-5-9(19-16-8)6-3-4-7(14)10(13)11(6)15/h3-5H,2H2,1H3. The van der Waals surface area contributed by atoms with Gasteiger partial charge in [-0.3, -0.25) is 0 Å². The van der Waals surface area contributed by atoms with Crippen LogP contribution in [-0.2, 0) is 4.74 Å². The van der Waals surface area contributed by atoms with Crippen molar-refractivity contribution in [2.45, 2.75) is 6.92 Å². The highest BCUT2D eigenvalue weighted by atomic mass is 79.9. The Balaban J connectivity index is 2.38. The molecule has 4 nitrogen and oxygen atoms in total. The molecule has 1 heterocycles. The first kappa shape index (κ1) is 13.7. The summed E-state index contributed by atoms with van der Waals surface area (Å²) in [4.78, 5) is 11.4. The molecule has 0 spiro atoms. The summed E-state index contributed by atoms with van der Waals surface area (Å²) in [7, 11) is 0. The van der Waals surface area contributed by atoms with Crippen molar-refractivity contribution in [1.82, 2.24) is 5.16 Å². The molecule has 0 aliphatic heterocycles. The summed E-state index contributed by atoms with van der Waals surface area (Å²) < 4.78 is 36.2. The monoisotopic (exact) mass is 331 g/mol. The quantitative estimate of drug-likeness (QED) is 0.637. The molecule has 100 valence electrons. The number of halogens is 3. The van der Waals surface area contributed by atoms with E-state index in [0.29, 0.717) is 0 Å². The van der Waals surface area contributed by atoms with Crippen molar-refractivity contribution in [1.29, 1.82) is 0 Å². The fourth-order valence-electron chi connectivity index (χ4n) is 1.42. The molecule has 2 aromatic rings. The Morgan fingerprint density at radius 3 is 2.89 bits per heavy atom. The molecule has 0 amide bonds. The number of benzene rings is 1. The van der Waals surface area contributed by atoms with Gasteiger partial charge in [0, 0.05) is 6.07 Å². The van der Waals surface area contributed by atoms with Crippen LogP contribution in [0.3, 0.4) is 0 Å². The predicted octanol–water partition coefficient (Wildman–Crippen LogP) is 3.56. The van der Waals surface area contributed by atoms with Gasteiger partial charge in [0.2, 0.25) is 0 Å². The molecule has 0 atom stereocenters. The van der Waals surface area contributed by atoms with E-state index in [1.807, 2.05) is 0 Å². The van der Waals surface area contributed by atoms with Crippen LogP contribution in [0.5, 0.6) is 0 Å². The highest BCUT2D eigenvalue weighted by molar-refractivity contribution is 9.10. The molecule has 0 unspecified atom stereocenters. The van der Waals surface area contributed by atoms with Crippen molar-refractivity contribution in [3.05, 3.63) is 40.0 Å². The van der Waals surface area contributed by atoms with Crippen LogP contribution >= 0.6 is 15.9 Å². The number of hydrogen-bond donors (Lipinski definition) is 0. The molecular formula is C12H8BrF2NO3. The van der Waals surface area contributed by atoms with Crippen LogP contribution in [0.25, 0.3) is 11.3 Å². The lowest BCUT2D eigenvalue weighted by Crippen LogP contribution is -2.04. The fourth-order valence-corrected chi connectivity index (χ4v) is 1.77. The second-order valence-electron chi connectivity index (χ2n) is 3.52. The molecule has 0 saturated carbocycles. The molecule has 1 aromatic carbocycles. The number of rotatable bonds is 3. The van der Waals surface area contributed by atoms with Gasteiger partial charge in [-0.2, -0.15) is 0 Å². The average molecular weight is 332 g/mol. The minimum atomic E-state index is -0.827. The Labute approximate surface area is 115 Å². The van der Waals surface area contributed by atoms with E-state index >= 15 is 0 Å². The Morgan fingerprint density at radius 1 is 1.47 bits per heavy atom. The highest BCUT2D eigenvalue weighted by Crippen LogP contribution is 2.30. The molecule has 0 bridgehead atoms. The van der Waals surface area contributed by atoms with Crippen molar-refractivity contribution in [2.24, 2.45) is 0 Å². The number of ether oxygens (including phenoxy) is 1. The third kappa shape index (κ3) is 2.65. The van der Waals surface area contributed by atoms with E-state index in [-0.39, 0.29) is 28.1 Å². The maximum Gasteiger partial charge on any atom is 0.360 e. The second-order valence-corrected chi connectivity index (χ2v) is 4.31. The number of aromatic nitrogens is 1. The molecule has 0 N–H and O–H groups in total. The van der Waals surface area contributed by atoms with Gasteiger partial charge in [0.05, 0.1) is 16.6 Å². The van der Waals surface area contributed by atoms with Crippen LogP contribution in [0.2, 0.25) is 0 Å². The lowest BCUT2D eigenvalue weighted by Gasteiger charge is -2.01. The summed E-state index contributed by atoms with van der Waals surface area (Å²) >= 11 is 2.78. The Kier molecular flexibility index (Phi) is 3.94. The summed E-state index contributed by atoms with van der Waals surface area (Å²) in [6, 6.07) is 3.51. The van der Waals surface area contributed by atoms with E-state index < -0.39 is 17.6 Å². The first-order valence-corrected chi connectivity index (χ1v) is 6.11. The van der Waals surface area contributed by atoms with Crippen LogP contribution in [0.15, 0.2) is 27.2 Å². The van der Waals surface area contributed by atoms with E-state index in [0.717, 1.165) is 6.07 Å². The van der Waals surface area contributed by atoms with Gasteiger partial charge in [0.15, 0.2) is 17.3 Å². The summed E-state index contributed by atoms with van der Waals surface area (Å²) in [6.07, 6.45) is 0. The molecular weight excluding hydrogens is 324 g/mol. The van der Waals surface area contributed by atoms with Gasteiger partial charge in [-0.05, 0) is 35.0 Å². The van der Waals surface area contributed by atoms with Crippen LogP contribution in [0.1, 0.15) is 17.4 Å². The van der Waals surface area contributed by atoms with Crippen LogP contribution in [0.4, 0.5) is 8.78 Å². The van der Waals surface area contributed by atoms with E-state index in [4.69, 9.17) is 9.26 Å². The zero-order valence-corrected chi connectivity index (χ0v) is 11.3. The van der Waals surface area contributed by atoms with Gasteiger partial charge in [-0.25, -0.2) is 13.6 Å². The Bertz CT molecular complexity index is 627. The van der Waals surface area contributed by atoms with Crippen molar-refractivity contribution in [3.63, 3.8) is 0 Å². The van der Waals surface area contributed by atoms with Gasteiger partial charge in [-0.1, -0.05) is 5.16 Å². The van der Waals surface area contributed by atoms with Crippen LogP contribution < -0.4 is 0 Å². The fraction of sp³-hybridized carbons (Fsp3) is 0.167. The van der Waals surface area contributed by atoms with Gasteiger partial charge >= 0.3 is 5.97 Å². The summed E-state index contributed by atoms with van der Waals surface area (Å²) in [6.45, 7) is 1.84. The van der Waals surface area contributed by atoms with Crippen molar-refractivity contribution in [3.8, 4) is 11.3 Å². The van der Waals surface area contributed by atoms with Gasteiger partial charge in [0.1, 0.15) is 5.82 Å². The number of nitrogens with zero attached hydrogens (tertiary/aromatic N) is 1. The largest absolute Gasteiger partial charge is 0.461 e. The lowest BCUT2D eigenvalue weighted by atomic mass is 10.1. The number of carbonyl (C=O) groups is 1. The van der Waals surface area contributed by atoms with E-state index in [1.165, 1.54) is 12.1 Å². The van der Waals surface area contributed by atoms with E-state index in [9.17, 15) is 13.6 Å². The average Bonchev–Trinajstić information content (AvgIpc) is 2.86. The molecule has 19 heavy (non-hydrogen) atoms. The zero-order valence-electron chi connectivity index (χ0n) is 9.75. The van der Waals surface area contributed by atoms with Crippen molar-refractivity contribution in [2.75, 3.05) is 6.61 Å². The third-order valence-electron chi connectivity index (χ3n) is 2.30. The predicted molar refractivity (Wildman–Crippen MR) is 65.5 cm³/mol. The molecule has 0 aliphatic rings. The van der Waals surface area contributed by atoms with Gasteiger partial charge in [0.25, 0.3) is 0 Å². The van der Waals surface area contributed by atoms with Crippen LogP contribution in [-0.4, -0.2) is 17.7 Å². The maximum atomic E-state index is 13.8. The number of carbonyl (C=O) groups excluding carboxylic acids is 1. The minimum absolute atomic E-state index is 0.00340. The van der Waals surface area contributed by atoms with E-state index in [2.05, 4.69) is 21.1 Å². The minimum Gasteiger partial charge on any atom is -0.461 e. The van der Waals surface area contributed by atoms with E-state index in [1.54, 1.807) is 6.92 Å². The molecule has 7 heteroatoms. The van der Waals surface area contributed by atoms with Gasteiger partial charge < -0.3 is 9.26 Å². The third-order valence-corrected chi connectivity index (χ3v) is 3.02. The first-order chi connectivity index (χ1) is 9.04. The molecule has 0 aliphatic carbocycles. The number of hydrogen-bond acceptors (Lipinski definition) is 4. The van der Waals surface area contributed by atoms with Crippen molar-refractivity contribution < 1.29 is 22.8 Å². The van der Waals surface area contributed by atoms with Crippen molar-refractivity contribution >= 4 is 21.9 Å². The molecule has 1 aromatic heterocycles. The molecule has 0 fully saturated rings. The van der Waals surface area contributed by atoms with Gasteiger partial charge in [-0.15, -0.1) is 0 Å². The Hall–Kier alpha value is -1.76. The zero-order chi connectivity index (χ0) is 14.0. The molecule has 2 rings (SSSR count). The number of esters is 1. The first-order valence-electron chi connectivity index (χ1n) is 5.32. The normalized spacial score (nSPS) is 10.5. The topological polar surface area (TPSA) is 52.3 Å². The highest BCUT2D eigenvalue weighted by Gasteiger charge is 2.19. The summed E-state index contributed by atoms with van der Waals surface area (Å²) in [5, 5.41) is 3.48. The van der Waals surface area contributed by atoms with Crippen LogP contribution in [0, 0.1) is 11.6 Å². The molecule has 0 saturated heterocycles. The maximum absolute atomic E-state index is 13.8. The summed E-state index contributed by atoms with van der Waals surface area (Å²) in [5.74, 6) is -2.21. The second kappa shape index (κ2) is 5.48. The Morgan fingerprint density at radius 2 is 2.21 bits per heavy atom. The lowest BCUT2D eigenvalue weighted by molar-refractivity contribution is 0.0514. The smallest absolute Gasteiger partial charge is 0.360 e. The summed E-state index contributed by atoms with van der Waals surface area (Å²) in [5.41, 5.74) is -0.0759. The SMILES string of the molecule is CCOC(=O)c1cc(-c2ccc(F)c(Br)c2F)on1. The molecule has 0 radical (unpaired) electrons.